The van der Waals surface area contributed by atoms with E-state index in [0.717, 1.165) is 10.6 Å². The number of anilines is 1. The monoisotopic (exact) mass is 222 g/mol. The maximum Gasteiger partial charge on any atom is 0.305 e. The molecule has 78 valence electrons. The molecule has 2 rings (SSSR count). The van der Waals surface area contributed by atoms with Crippen molar-refractivity contribution in [2.24, 2.45) is 0 Å². The average Bonchev–Trinajstić information content (AvgIpc) is 2.26. The number of hydrogen-bond acceptors (Lipinski definition) is 4. The number of nitrogens with zero attached hydrogens (tertiary/aromatic N) is 2. The smallest absolute Gasteiger partial charge is 0.305 e. The van der Waals surface area contributed by atoms with Gasteiger partial charge in [-0.25, -0.2) is 0 Å². The fourth-order valence-corrected chi connectivity index (χ4v) is 2.14. The molecule has 0 bridgehead atoms. The van der Waals surface area contributed by atoms with E-state index in [-0.39, 0.29) is 6.42 Å². The van der Waals surface area contributed by atoms with Gasteiger partial charge in [-0.15, -0.1) is 0 Å². The summed E-state index contributed by atoms with van der Waals surface area (Å²) in [7, 11) is 0. The first-order valence-electron chi connectivity index (χ1n) is 4.53. The van der Waals surface area contributed by atoms with Crippen molar-refractivity contribution >= 4 is 23.4 Å². The van der Waals surface area contributed by atoms with Crippen LogP contribution in [0.2, 0.25) is 0 Å². The minimum atomic E-state index is -0.785. The van der Waals surface area contributed by atoms with Gasteiger partial charge in [-0.1, -0.05) is 11.8 Å². The van der Waals surface area contributed by atoms with Crippen LogP contribution in [0.25, 0.3) is 0 Å². The van der Waals surface area contributed by atoms with Crippen LogP contribution in [0.3, 0.4) is 0 Å². The van der Waals surface area contributed by atoms with Crippen molar-refractivity contribution in [2.75, 3.05) is 11.4 Å². The Morgan fingerprint density at radius 2 is 2.47 bits per heavy atom. The predicted molar refractivity (Wildman–Crippen MR) is 58.8 cm³/mol. The summed E-state index contributed by atoms with van der Waals surface area (Å²) in [5.74, 6) is -0.785. The molecule has 0 unspecified atom stereocenters. The highest BCUT2D eigenvalue weighted by molar-refractivity contribution is 8.02. The van der Waals surface area contributed by atoms with Gasteiger partial charge in [0.05, 0.1) is 18.3 Å². The molecule has 0 aromatic carbocycles. The second-order valence-corrected chi connectivity index (χ2v) is 4.03. The molecule has 0 spiro atoms. The predicted octanol–water partition coefficient (Wildman–Crippen LogP) is 1.94. The van der Waals surface area contributed by atoms with Gasteiger partial charge in [0.15, 0.2) is 0 Å². The fourth-order valence-electron chi connectivity index (χ4n) is 1.36. The number of carboxylic acid groups (broad SMARTS) is 1. The van der Waals surface area contributed by atoms with Crippen molar-refractivity contribution in [3.05, 3.63) is 30.1 Å². The molecule has 4 nitrogen and oxygen atoms in total. The lowest BCUT2D eigenvalue weighted by Gasteiger charge is -2.24. The molecule has 0 saturated carbocycles. The van der Waals surface area contributed by atoms with E-state index < -0.39 is 5.97 Å². The quantitative estimate of drug-likeness (QED) is 0.847. The topological polar surface area (TPSA) is 53.4 Å². The Hall–Kier alpha value is -1.49. The van der Waals surface area contributed by atoms with Crippen LogP contribution in [0.1, 0.15) is 6.42 Å². The fraction of sp³-hybridized carbons (Fsp3) is 0.200. The summed E-state index contributed by atoms with van der Waals surface area (Å²) < 4.78 is 0. The van der Waals surface area contributed by atoms with Crippen LogP contribution in [0.15, 0.2) is 35.0 Å². The first kappa shape index (κ1) is 10.0. The number of rotatable bonds is 3. The summed E-state index contributed by atoms with van der Waals surface area (Å²) in [6, 6.07) is 1.93. The molecule has 1 aromatic heterocycles. The Kier molecular flexibility index (Phi) is 2.91. The number of fused-ring (bicyclic) bond motifs is 1. The second-order valence-electron chi connectivity index (χ2n) is 3.08. The molecule has 1 aromatic rings. The van der Waals surface area contributed by atoms with Gasteiger partial charge in [0.2, 0.25) is 0 Å². The van der Waals surface area contributed by atoms with Gasteiger partial charge in [0.25, 0.3) is 0 Å². The molecule has 0 atom stereocenters. The zero-order chi connectivity index (χ0) is 10.7. The van der Waals surface area contributed by atoms with Crippen molar-refractivity contribution in [1.82, 2.24) is 4.98 Å². The largest absolute Gasteiger partial charge is 0.481 e. The van der Waals surface area contributed by atoms with Gasteiger partial charge in [0.1, 0.15) is 0 Å². The number of aliphatic carboxylic acids is 1. The molecule has 2 heterocycles. The van der Waals surface area contributed by atoms with Crippen molar-refractivity contribution in [3.63, 3.8) is 0 Å². The molecule has 0 radical (unpaired) electrons. The molecule has 0 amide bonds. The number of thioether (sulfide) groups is 1. The van der Waals surface area contributed by atoms with Crippen LogP contribution in [0.4, 0.5) is 5.69 Å². The minimum Gasteiger partial charge on any atom is -0.481 e. The number of carbonyl (C=O) groups is 1. The van der Waals surface area contributed by atoms with E-state index in [2.05, 4.69) is 4.98 Å². The van der Waals surface area contributed by atoms with Crippen molar-refractivity contribution in [1.29, 1.82) is 0 Å². The van der Waals surface area contributed by atoms with Crippen molar-refractivity contribution in [3.8, 4) is 0 Å². The lowest BCUT2D eigenvalue weighted by Crippen LogP contribution is -2.21. The second kappa shape index (κ2) is 4.35. The summed E-state index contributed by atoms with van der Waals surface area (Å²) in [6.07, 6.45) is 5.51. The number of carboxylic acids is 1. The molecule has 0 aliphatic carbocycles. The highest BCUT2D eigenvalue weighted by atomic mass is 32.2. The van der Waals surface area contributed by atoms with Gasteiger partial charge >= 0.3 is 5.97 Å². The zero-order valence-electron chi connectivity index (χ0n) is 7.96. The first-order chi connectivity index (χ1) is 7.27. The molecule has 1 aliphatic rings. The standard InChI is InChI=1S/C10H10N2O2S/c13-10(14)2-4-12-5-6-15-9-1-3-11-7-8(9)12/h1,3,5-7H,2,4H2,(H,13,14). The average molecular weight is 222 g/mol. The molecular formula is C10H10N2O2S. The summed E-state index contributed by atoms with van der Waals surface area (Å²) in [5.41, 5.74) is 0.978. The number of hydrogen-bond donors (Lipinski definition) is 1. The van der Waals surface area contributed by atoms with Crippen LogP contribution in [-0.2, 0) is 4.79 Å². The van der Waals surface area contributed by atoms with Crippen molar-refractivity contribution < 1.29 is 9.90 Å². The molecule has 1 N–H and O–H groups in total. The lowest BCUT2D eigenvalue weighted by atomic mass is 10.3. The van der Waals surface area contributed by atoms with E-state index in [9.17, 15) is 4.79 Å². The van der Waals surface area contributed by atoms with Crippen LogP contribution in [-0.4, -0.2) is 22.6 Å². The zero-order valence-corrected chi connectivity index (χ0v) is 8.78. The van der Waals surface area contributed by atoms with E-state index in [1.54, 1.807) is 24.2 Å². The molecule has 5 heteroatoms. The Morgan fingerprint density at radius 1 is 1.60 bits per heavy atom. The Labute approximate surface area is 91.6 Å². The third-order valence-corrected chi connectivity index (χ3v) is 2.93. The van der Waals surface area contributed by atoms with E-state index in [1.807, 2.05) is 22.6 Å². The third-order valence-electron chi connectivity index (χ3n) is 2.07. The van der Waals surface area contributed by atoms with Crippen LogP contribution < -0.4 is 4.90 Å². The van der Waals surface area contributed by atoms with Gasteiger partial charge in [-0.3, -0.25) is 9.78 Å². The van der Waals surface area contributed by atoms with Gasteiger partial charge in [-0.05, 0) is 11.5 Å². The Balaban J connectivity index is 2.15. The van der Waals surface area contributed by atoms with E-state index in [4.69, 9.17) is 5.11 Å². The van der Waals surface area contributed by atoms with E-state index in [1.165, 1.54) is 0 Å². The SMILES string of the molecule is O=C(O)CCN1C=CSc2ccncc21. The molecule has 15 heavy (non-hydrogen) atoms. The number of pyridine rings is 1. The Bertz CT molecular complexity index is 406. The van der Waals surface area contributed by atoms with Gasteiger partial charge in [0, 0.05) is 23.8 Å². The first-order valence-corrected chi connectivity index (χ1v) is 5.41. The molecular weight excluding hydrogens is 212 g/mol. The van der Waals surface area contributed by atoms with Crippen LogP contribution >= 0.6 is 11.8 Å². The number of aromatic nitrogens is 1. The summed E-state index contributed by atoms with van der Waals surface area (Å²) in [6.45, 7) is 0.477. The van der Waals surface area contributed by atoms with Crippen molar-refractivity contribution in [2.45, 2.75) is 11.3 Å². The summed E-state index contributed by atoms with van der Waals surface area (Å²) in [5, 5.41) is 10.6. The van der Waals surface area contributed by atoms with Gasteiger partial charge in [-0.2, -0.15) is 0 Å². The summed E-state index contributed by atoms with van der Waals surface area (Å²) in [4.78, 5) is 17.5. The van der Waals surface area contributed by atoms with Gasteiger partial charge < -0.3 is 10.0 Å². The van der Waals surface area contributed by atoms with Crippen LogP contribution in [0, 0.1) is 0 Å². The highest BCUT2D eigenvalue weighted by Crippen LogP contribution is 2.34. The highest BCUT2D eigenvalue weighted by Gasteiger charge is 2.13. The van der Waals surface area contributed by atoms with E-state index >= 15 is 0 Å². The Morgan fingerprint density at radius 3 is 3.27 bits per heavy atom. The van der Waals surface area contributed by atoms with E-state index in [0.29, 0.717) is 6.54 Å². The summed E-state index contributed by atoms with van der Waals surface area (Å²) >= 11 is 1.62. The molecule has 0 fully saturated rings. The normalized spacial score (nSPS) is 13.7. The molecule has 1 aliphatic heterocycles. The van der Waals surface area contributed by atoms with Crippen LogP contribution in [0.5, 0.6) is 0 Å². The maximum atomic E-state index is 10.5. The minimum absolute atomic E-state index is 0.128. The third kappa shape index (κ3) is 2.30. The maximum absolute atomic E-state index is 10.5. The lowest BCUT2D eigenvalue weighted by molar-refractivity contribution is -0.136. The molecule has 0 saturated heterocycles.